The molecule has 1 N–H and O–H groups in total. The lowest BCUT2D eigenvalue weighted by molar-refractivity contribution is -0.388. The van der Waals surface area contributed by atoms with Gasteiger partial charge in [-0.2, -0.15) is 8.42 Å². The van der Waals surface area contributed by atoms with E-state index < -0.39 is 31.0 Å². The maximum atomic E-state index is 11.6. The van der Waals surface area contributed by atoms with Crippen molar-refractivity contribution in [3.8, 4) is 0 Å². The van der Waals surface area contributed by atoms with Crippen molar-refractivity contribution in [3.05, 3.63) is 33.9 Å². The van der Waals surface area contributed by atoms with Gasteiger partial charge in [0.25, 0.3) is 5.69 Å². The molecule has 2 rings (SSSR count). The molecule has 0 aliphatic heterocycles. The number of nitro groups is 1. The van der Waals surface area contributed by atoms with E-state index in [0.29, 0.717) is 5.56 Å². The summed E-state index contributed by atoms with van der Waals surface area (Å²) in [5.41, 5.74) is -0.652. The molecule has 7 heteroatoms. The molecule has 1 fully saturated rings. The van der Waals surface area contributed by atoms with E-state index in [2.05, 4.69) is 0 Å². The van der Waals surface area contributed by atoms with E-state index >= 15 is 0 Å². The lowest BCUT2D eigenvalue weighted by Crippen LogP contribution is -2.27. The highest BCUT2D eigenvalue weighted by atomic mass is 32.2. The van der Waals surface area contributed by atoms with Crippen LogP contribution < -0.4 is 0 Å². The second-order valence-electron chi connectivity index (χ2n) is 5.51. The summed E-state index contributed by atoms with van der Waals surface area (Å²) in [7, 11) is -4.64. The van der Waals surface area contributed by atoms with Crippen molar-refractivity contribution in [1.82, 2.24) is 0 Å². The summed E-state index contributed by atoms with van der Waals surface area (Å²) in [5.74, 6) is 0. The van der Waals surface area contributed by atoms with Gasteiger partial charge in [-0.3, -0.25) is 14.7 Å². The maximum Gasteiger partial charge on any atom is 0.301 e. The number of nitrogens with zero attached hydrogens (tertiary/aromatic N) is 1. The minimum atomic E-state index is -4.64. The zero-order valence-corrected chi connectivity index (χ0v) is 12.0. The van der Waals surface area contributed by atoms with Crippen molar-refractivity contribution in [2.75, 3.05) is 0 Å². The molecule has 0 spiro atoms. The molecular formula is C13H17NO5S. The summed E-state index contributed by atoms with van der Waals surface area (Å²) in [6.07, 6.45) is 4.49. The molecule has 0 atom stereocenters. The van der Waals surface area contributed by atoms with Crippen LogP contribution in [0.4, 0.5) is 5.69 Å². The molecular weight excluding hydrogens is 282 g/mol. The Balaban J connectivity index is 2.70. The number of benzene rings is 1. The van der Waals surface area contributed by atoms with Gasteiger partial charge in [0.2, 0.25) is 0 Å². The fraction of sp³-hybridized carbons (Fsp3) is 0.538. The Morgan fingerprint density at radius 2 is 1.85 bits per heavy atom. The molecule has 0 bridgehead atoms. The number of nitro benzene ring substituents is 1. The summed E-state index contributed by atoms with van der Waals surface area (Å²) in [4.78, 5) is 9.73. The highest BCUT2D eigenvalue weighted by Gasteiger charge is 2.37. The van der Waals surface area contributed by atoms with E-state index in [1.54, 1.807) is 6.07 Å². The van der Waals surface area contributed by atoms with Crippen molar-refractivity contribution in [2.45, 2.75) is 49.3 Å². The second kappa shape index (κ2) is 5.14. The number of hydrogen-bond acceptors (Lipinski definition) is 4. The normalized spacial score (nSPS) is 18.7. The van der Waals surface area contributed by atoms with Crippen LogP contribution in [0.25, 0.3) is 0 Å². The zero-order chi connectivity index (χ0) is 15.0. The predicted molar refractivity (Wildman–Crippen MR) is 73.3 cm³/mol. The van der Waals surface area contributed by atoms with Crippen LogP contribution in [-0.2, 0) is 15.5 Å². The average molecular weight is 299 g/mol. The van der Waals surface area contributed by atoms with Gasteiger partial charge in [0.15, 0.2) is 4.90 Å². The third-order valence-electron chi connectivity index (χ3n) is 4.06. The van der Waals surface area contributed by atoms with E-state index in [4.69, 9.17) is 0 Å². The van der Waals surface area contributed by atoms with Gasteiger partial charge in [0.05, 0.1) is 4.92 Å². The average Bonchev–Trinajstić information content (AvgIpc) is 2.37. The van der Waals surface area contributed by atoms with Crippen LogP contribution >= 0.6 is 0 Å². The van der Waals surface area contributed by atoms with Gasteiger partial charge < -0.3 is 0 Å². The second-order valence-corrected chi connectivity index (χ2v) is 6.87. The molecule has 0 heterocycles. The Kier molecular flexibility index (Phi) is 3.84. The summed E-state index contributed by atoms with van der Waals surface area (Å²) in [5, 5.41) is 11.0. The van der Waals surface area contributed by atoms with E-state index in [1.807, 2.05) is 6.92 Å². The van der Waals surface area contributed by atoms with Crippen LogP contribution in [0, 0.1) is 10.1 Å². The molecule has 1 aliphatic carbocycles. The van der Waals surface area contributed by atoms with Gasteiger partial charge in [-0.05, 0) is 23.8 Å². The monoisotopic (exact) mass is 299 g/mol. The van der Waals surface area contributed by atoms with E-state index in [1.165, 1.54) is 6.07 Å². The molecule has 20 heavy (non-hydrogen) atoms. The smallest absolute Gasteiger partial charge is 0.282 e. The molecule has 0 saturated heterocycles. The molecule has 0 amide bonds. The molecule has 110 valence electrons. The predicted octanol–water partition coefficient (Wildman–Crippen LogP) is 3.06. The SMILES string of the molecule is CC1(c2cccc([N+](=O)[O-])c2S(=O)(=O)O)CCCCC1. The van der Waals surface area contributed by atoms with Gasteiger partial charge in [-0.25, -0.2) is 0 Å². The highest BCUT2D eigenvalue weighted by molar-refractivity contribution is 7.86. The Bertz CT molecular complexity index is 632. The van der Waals surface area contributed by atoms with Crippen LogP contribution in [0.1, 0.15) is 44.6 Å². The van der Waals surface area contributed by atoms with Gasteiger partial charge in [0, 0.05) is 6.07 Å². The highest BCUT2D eigenvalue weighted by Crippen LogP contribution is 2.43. The van der Waals surface area contributed by atoms with Gasteiger partial charge >= 0.3 is 10.1 Å². The van der Waals surface area contributed by atoms with Crippen LogP contribution in [0.3, 0.4) is 0 Å². The lowest BCUT2D eigenvalue weighted by Gasteiger charge is -2.34. The van der Waals surface area contributed by atoms with E-state index in [-0.39, 0.29) is 0 Å². The van der Waals surface area contributed by atoms with E-state index in [0.717, 1.165) is 38.2 Å². The minimum Gasteiger partial charge on any atom is -0.282 e. The van der Waals surface area contributed by atoms with Crippen molar-refractivity contribution >= 4 is 15.8 Å². The summed E-state index contributed by atoms with van der Waals surface area (Å²) in [6.45, 7) is 1.90. The van der Waals surface area contributed by atoms with E-state index in [9.17, 15) is 23.1 Å². The topological polar surface area (TPSA) is 97.5 Å². The standard InChI is InChI=1S/C13H17NO5S/c1-13(8-3-2-4-9-13)10-6-5-7-11(14(15)16)12(10)20(17,18)19/h5-7H,2-4,8-9H2,1H3,(H,17,18,19). The quantitative estimate of drug-likeness (QED) is 0.525. The third-order valence-corrected chi connectivity index (χ3v) is 5.00. The Labute approximate surface area is 117 Å². The molecule has 1 aromatic rings. The first kappa shape index (κ1) is 14.9. The summed E-state index contributed by atoms with van der Waals surface area (Å²) in [6, 6.07) is 4.15. The Hall–Kier alpha value is -1.47. The van der Waals surface area contributed by atoms with Gasteiger partial charge in [-0.15, -0.1) is 0 Å². The maximum absolute atomic E-state index is 11.6. The first-order valence-corrected chi connectivity index (χ1v) is 7.95. The van der Waals surface area contributed by atoms with Crippen molar-refractivity contribution in [3.63, 3.8) is 0 Å². The first-order chi connectivity index (χ1) is 9.26. The summed E-state index contributed by atoms with van der Waals surface area (Å²) >= 11 is 0. The Morgan fingerprint density at radius 1 is 1.25 bits per heavy atom. The lowest BCUT2D eigenvalue weighted by atomic mass is 9.71. The van der Waals surface area contributed by atoms with Crippen LogP contribution in [0.15, 0.2) is 23.1 Å². The number of hydrogen-bond donors (Lipinski definition) is 1. The third kappa shape index (κ3) is 2.69. The minimum absolute atomic E-state index is 0.355. The fourth-order valence-corrected chi connectivity index (χ4v) is 4.02. The zero-order valence-electron chi connectivity index (χ0n) is 11.2. The first-order valence-electron chi connectivity index (χ1n) is 6.51. The molecule has 0 aromatic heterocycles. The molecule has 1 aromatic carbocycles. The molecule has 0 radical (unpaired) electrons. The van der Waals surface area contributed by atoms with Gasteiger partial charge in [0.1, 0.15) is 0 Å². The van der Waals surface area contributed by atoms with Gasteiger partial charge in [-0.1, -0.05) is 38.3 Å². The molecule has 6 nitrogen and oxygen atoms in total. The van der Waals surface area contributed by atoms with Crippen molar-refractivity contribution < 1.29 is 17.9 Å². The molecule has 0 unspecified atom stereocenters. The van der Waals surface area contributed by atoms with Crippen molar-refractivity contribution in [1.29, 1.82) is 0 Å². The Morgan fingerprint density at radius 3 is 2.35 bits per heavy atom. The largest absolute Gasteiger partial charge is 0.301 e. The molecule has 1 aliphatic rings. The van der Waals surface area contributed by atoms with Crippen LogP contribution in [-0.4, -0.2) is 17.9 Å². The van der Waals surface area contributed by atoms with Crippen LogP contribution in [0.5, 0.6) is 0 Å². The van der Waals surface area contributed by atoms with Crippen LogP contribution in [0.2, 0.25) is 0 Å². The fourth-order valence-electron chi connectivity index (χ4n) is 3.02. The number of rotatable bonds is 3. The van der Waals surface area contributed by atoms with Crippen molar-refractivity contribution in [2.24, 2.45) is 0 Å². The molecule has 1 saturated carbocycles. The summed E-state index contributed by atoms with van der Waals surface area (Å²) < 4.78 is 32.6.